The largest absolute Gasteiger partial charge is 2.00 e. The minimum Gasteiger partial charge on any atom is -0.493 e. The summed E-state index contributed by atoms with van der Waals surface area (Å²) in [5.41, 5.74) is 21.6. The van der Waals surface area contributed by atoms with Crippen LogP contribution < -0.4 is 0 Å². The molecule has 0 aromatic heterocycles. The van der Waals surface area contributed by atoms with Crippen LogP contribution in [-0.2, 0) is 29.3 Å². The van der Waals surface area contributed by atoms with Gasteiger partial charge >= 0.3 is 16.5 Å². The summed E-state index contributed by atoms with van der Waals surface area (Å²) >= 11 is 0. The molecule has 1 heterocycles. The van der Waals surface area contributed by atoms with E-state index in [9.17, 15) is 5.53 Å². The number of rotatable bonds is 33. The molecule has 0 amide bonds. The molecule has 0 fully saturated rings. The zero-order valence-electron chi connectivity index (χ0n) is 40.6. The predicted octanol–water partition coefficient (Wildman–Crippen LogP) is 19.8. The number of aryl methyl sites for hydroxylation is 2. The molecule has 0 bridgehead atoms. The first-order chi connectivity index (χ1) is 29.0. The Morgan fingerprint density at radius 2 is 0.617 bits per heavy atom. The molecule has 0 aliphatic carbocycles. The van der Waals surface area contributed by atoms with Crippen LogP contribution in [0.4, 0.5) is 0 Å². The first kappa shape index (κ1) is 58.0. The molecule has 0 spiro atoms. The molecule has 60 heavy (non-hydrogen) atoms. The van der Waals surface area contributed by atoms with E-state index < -0.39 is 0 Å². The van der Waals surface area contributed by atoms with Crippen LogP contribution in [0, 0.1) is 13.8 Å². The molecule has 344 valence electrons. The molecule has 0 N–H and O–H groups in total. The van der Waals surface area contributed by atoms with Crippen LogP contribution in [0.25, 0.3) is 16.9 Å². The molecular weight excluding hydrogens is 771 g/mol. The molecule has 1 aliphatic rings. The van der Waals surface area contributed by atoms with Crippen molar-refractivity contribution in [2.45, 2.75) is 253 Å². The van der Waals surface area contributed by atoms with E-state index in [2.05, 4.69) is 104 Å². The van der Waals surface area contributed by atoms with Gasteiger partial charge in [-0.05, 0) is 86.8 Å². The average Bonchev–Trinajstić information content (AvgIpc) is 3.53. The molecule has 3 heteroatoms. The molecule has 0 saturated heterocycles. The average molecular weight is 868 g/mol. The van der Waals surface area contributed by atoms with Crippen molar-refractivity contribution >= 4 is 11.4 Å². The fraction of sp³-hybridized carbons (Fsp3) is 0.684. The number of benzene rings is 2. The quantitative estimate of drug-likeness (QED) is 0.0296. The fourth-order valence-electron chi connectivity index (χ4n) is 8.11. The van der Waals surface area contributed by atoms with Crippen LogP contribution >= 0.6 is 0 Å². The summed E-state index contributed by atoms with van der Waals surface area (Å²) < 4.78 is 1.54. The van der Waals surface area contributed by atoms with Crippen molar-refractivity contribution in [3.63, 3.8) is 0 Å². The first-order valence-corrected chi connectivity index (χ1v) is 25.7. The van der Waals surface area contributed by atoms with Gasteiger partial charge in [0.25, 0.3) is 0 Å². The van der Waals surface area contributed by atoms with E-state index >= 15 is 0 Å². The van der Waals surface area contributed by atoms with E-state index in [0.717, 1.165) is 61.0 Å². The number of allylic oxidation sites excluding steroid dienone is 2. The molecule has 0 radical (unpaired) electrons. The number of unbranched alkanes of at least 4 members (excludes halogenated alkanes) is 23. The molecule has 0 saturated carbocycles. The Bertz CT molecular complexity index is 1300. The van der Waals surface area contributed by atoms with Crippen molar-refractivity contribution in [3.8, 4) is 0 Å². The Labute approximate surface area is 385 Å². The molecule has 3 rings (SSSR count). The van der Waals surface area contributed by atoms with Gasteiger partial charge in [-0.3, -0.25) is 0 Å². The topological polar surface area (TPSA) is 25.3 Å². The summed E-state index contributed by atoms with van der Waals surface area (Å²) in [6.07, 6.45) is 42.5. The van der Waals surface area contributed by atoms with Crippen molar-refractivity contribution < 1.29 is 21.2 Å². The van der Waals surface area contributed by atoms with Crippen LogP contribution in [0.5, 0.6) is 0 Å². The van der Waals surface area contributed by atoms with Gasteiger partial charge in [-0.2, -0.15) is 12.8 Å². The summed E-state index contributed by atoms with van der Waals surface area (Å²) in [5.74, 6) is 0. The zero-order valence-corrected chi connectivity index (χ0v) is 41.6. The third-order valence-electron chi connectivity index (χ3n) is 12.0. The summed E-state index contributed by atoms with van der Waals surface area (Å²) in [6.45, 7) is 21.2. The Morgan fingerprint density at radius 1 is 0.350 bits per heavy atom. The van der Waals surface area contributed by atoms with Gasteiger partial charge < -0.3 is 19.4 Å². The number of hydrogen-bond donors (Lipinski definition) is 0. The predicted molar refractivity (Wildman–Crippen MR) is 266 cm³/mol. The van der Waals surface area contributed by atoms with Gasteiger partial charge in [-0.1, -0.05) is 213 Å². The third-order valence-corrected chi connectivity index (χ3v) is 12.0. The van der Waals surface area contributed by atoms with Crippen molar-refractivity contribution in [2.75, 3.05) is 0 Å². The molecule has 2 aromatic carbocycles. The Balaban J connectivity index is 0.00000124. The van der Waals surface area contributed by atoms with Crippen molar-refractivity contribution in [2.24, 2.45) is 0 Å². The number of nitrogens with zero attached hydrogens (tertiary/aromatic N) is 2. The monoisotopic (exact) mass is 867 g/mol. The molecule has 1 aliphatic heterocycles. The van der Waals surface area contributed by atoms with Crippen LogP contribution in [0.3, 0.4) is 0 Å². The van der Waals surface area contributed by atoms with Crippen molar-refractivity contribution in [3.05, 3.63) is 101 Å². The minimum absolute atomic E-state index is 0. The van der Waals surface area contributed by atoms with Crippen LogP contribution in [0.1, 0.15) is 263 Å². The minimum atomic E-state index is 0. The van der Waals surface area contributed by atoms with Crippen LogP contribution in [-0.4, -0.2) is 4.70 Å². The maximum Gasteiger partial charge on any atom is 2.00 e. The molecular formula is C57H96N2Ni. The zero-order chi connectivity index (χ0) is 43.2. The maximum absolute atomic E-state index is 11.8. The van der Waals surface area contributed by atoms with Gasteiger partial charge in [0.1, 0.15) is 0 Å². The summed E-state index contributed by atoms with van der Waals surface area (Å²) in [7, 11) is 0. The van der Waals surface area contributed by atoms with E-state index in [0.29, 0.717) is 0 Å². The third kappa shape index (κ3) is 25.8. The van der Waals surface area contributed by atoms with Crippen LogP contribution in [0.2, 0.25) is 0 Å². The van der Waals surface area contributed by atoms with E-state index in [4.69, 9.17) is 0 Å². The smallest absolute Gasteiger partial charge is 0.493 e. The summed E-state index contributed by atoms with van der Waals surface area (Å²) in [4.78, 5) is 0. The molecule has 0 unspecified atom stereocenters. The summed E-state index contributed by atoms with van der Waals surface area (Å²) in [5, 5.41) is 0. The SMILES string of the molecule is CCCCCCC1=C(c2ccc(CCCC)cc2)[N+](=[N-])C(c2ccc(CCCC)cc2)=C1CCCCC.[CH2-]CCCCCCCCCC.[CH2-]CCCCCCCCCC.[Ni+2]. The molecule has 0 atom stereocenters. The van der Waals surface area contributed by atoms with Gasteiger partial charge in [-0.15, -0.1) is 0 Å². The van der Waals surface area contributed by atoms with E-state index in [1.165, 1.54) is 196 Å². The fourth-order valence-corrected chi connectivity index (χ4v) is 8.11. The Hall–Kier alpha value is -1.99. The Morgan fingerprint density at radius 3 is 0.933 bits per heavy atom. The molecule has 2 aromatic rings. The van der Waals surface area contributed by atoms with E-state index in [1.54, 1.807) is 4.70 Å². The van der Waals surface area contributed by atoms with Gasteiger partial charge in [0.05, 0.1) is 0 Å². The normalized spacial score (nSPS) is 12.3. The second-order valence-electron chi connectivity index (χ2n) is 17.5. The first-order valence-electron chi connectivity index (χ1n) is 25.7. The summed E-state index contributed by atoms with van der Waals surface area (Å²) in [6, 6.07) is 18.0. The van der Waals surface area contributed by atoms with E-state index in [-0.39, 0.29) is 16.5 Å². The van der Waals surface area contributed by atoms with Gasteiger partial charge in [0, 0.05) is 22.3 Å². The molecule has 2 nitrogen and oxygen atoms in total. The van der Waals surface area contributed by atoms with Gasteiger partial charge in [-0.25, -0.2) is 4.70 Å². The Kier molecular flexibility index (Phi) is 39.7. The standard InChI is InChI=1S/C35H50N2.2C11H23.Ni/c1-5-9-13-15-19-33-32(18-14-10-6-2)34(30-24-20-28(21-25-30)16-11-7-3)37(36)35(33)31-26-22-29(23-27-31)17-12-8-4;2*1-3-5-7-9-11-10-8-6-4-2;/h20-27H,5-19H2,1-4H3;2*1,3-11H2,2H3;/q;2*-1;+2. The van der Waals surface area contributed by atoms with Crippen molar-refractivity contribution in [1.29, 1.82) is 0 Å². The van der Waals surface area contributed by atoms with Gasteiger partial charge in [0.15, 0.2) is 0 Å². The van der Waals surface area contributed by atoms with Gasteiger partial charge in [0.2, 0.25) is 11.4 Å². The second-order valence-corrected chi connectivity index (χ2v) is 17.5. The number of hydrogen-bond acceptors (Lipinski definition) is 0. The van der Waals surface area contributed by atoms with E-state index in [1.807, 2.05) is 0 Å². The van der Waals surface area contributed by atoms with Crippen molar-refractivity contribution in [1.82, 2.24) is 0 Å². The second kappa shape index (κ2) is 41.0. The van der Waals surface area contributed by atoms with Crippen LogP contribution in [0.15, 0.2) is 59.7 Å². The maximum atomic E-state index is 11.8.